The molecule has 0 saturated carbocycles. The first-order valence-corrected chi connectivity index (χ1v) is 8.79. The lowest BCUT2D eigenvalue weighted by Gasteiger charge is -2.15. The summed E-state index contributed by atoms with van der Waals surface area (Å²) < 4.78 is 10.2. The number of rotatable bonds is 7. The highest BCUT2D eigenvalue weighted by Gasteiger charge is 2.21. The summed E-state index contributed by atoms with van der Waals surface area (Å²) in [6.07, 6.45) is 1.37. The van der Waals surface area contributed by atoms with E-state index in [-0.39, 0.29) is 17.4 Å². The summed E-state index contributed by atoms with van der Waals surface area (Å²) in [5.74, 6) is -0.711. The van der Waals surface area contributed by atoms with Crippen LogP contribution in [0.3, 0.4) is 0 Å². The number of hydrogen-bond donors (Lipinski definition) is 0. The molecule has 0 aliphatic carbocycles. The monoisotopic (exact) mass is 378 g/mol. The molecule has 28 heavy (non-hydrogen) atoms. The van der Waals surface area contributed by atoms with E-state index in [1.54, 1.807) is 53.4 Å². The number of benzene rings is 2. The number of carbonyl (C=O) groups excluding carboxylic acids is 3. The molecule has 2 aromatic rings. The van der Waals surface area contributed by atoms with Crippen molar-refractivity contribution in [1.82, 2.24) is 0 Å². The number of amides is 1. The number of carbonyl (C=O) groups is 3. The first-order valence-electron chi connectivity index (χ1n) is 8.79. The van der Waals surface area contributed by atoms with Crippen molar-refractivity contribution in [2.24, 2.45) is 0 Å². The topological polar surface area (TPSA) is 96.7 Å². The summed E-state index contributed by atoms with van der Waals surface area (Å²) in [4.78, 5) is 37.4. The first kappa shape index (κ1) is 19.1. The molecule has 0 N–H and O–H groups in total. The summed E-state index contributed by atoms with van der Waals surface area (Å²) in [7, 11) is 0. The Morgan fingerprint density at radius 3 is 2.50 bits per heavy atom. The van der Waals surface area contributed by atoms with E-state index >= 15 is 0 Å². The minimum atomic E-state index is -0.708. The number of Topliss-reactive ketones (excluding diaryl/α,β-unsaturated/α-hetero) is 1. The Hall–Kier alpha value is -3.66. The van der Waals surface area contributed by atoms with Crippen LogP contribution in [0.4, 0.5) is 5.69 Å². The molecule has 1 fully saturated rings. The molecule has 1 aliphatic rings. The summed E-state index contributed by atoms with van der Waals surface area (Å²) in [6, 6.07) is 15.1. The van der Waals surface area contributed by atoms with Gasteiger partial charge in [0.25, 0.3) is 0 Å². The van der Waals surface area contributed by atoms with Gasteiger partial charge in [0.2, 0.25) is 5.91 Å². The largest absolute Gasteiger partial charge is 0.481 e. The van der Waals surface area contributed by atoms with Crippen molar-refractivity contribution in [3.05, 3.63) is 59.7 Å². The fourth-order valence-corrected chi connectivity index (χ4v) is 2.84. The molecule has 0 bridgehead atoms. The molecule has 0 spiro atoms. The van der Waals surface area contributed by atoms with Gasteiger partial charge in [0.15, 0.2) is 19.0 Å². The number of anilines is 1. The van der Waals surface area contributed by atoms with Crippen molar-refractivity contribution in [3.63, 3.8) is 0 Å². The van der Waals surface area contributed by atoms with Crippen molar-refractivity contribution in [3.8, 4) is 11.8 Å². The first-order chi connectivity index (χ1) is 13.6. The maximum Gasteiger partial charge on any atom is 0.344 e. The molecule has 142 valence electrons. The highest BCUT2D eigenvalue weighted by molar-refractivity contribution is 5.99. The van der Waals surface area contributed by atoms with E-state index in [4.69, 9.17) is 14.7 Å². The van der Waals surface area contributed by atoms with Gasteiger partial charge in [-0.1, -0.05) is 12.1 Å². The van der Waals surface area contributed by atoms with Gasteiger partial charge in [-0.2, -0.15) is 5.26 Å². The minimum absolute atomic E-state index is 0.0750. The molecular formula is C21H18N2O5. The summed E-state index contributed by atoms with van der Waals surface area (Å²) >= 11 is 0. The molecule has 2 aromatic carbocycles. The number of ketones is 1. The van der Waals surface area contributed by atoms with Crippen LogP contribution in [-0.4, -0.2) is 37.4 Å². The van der Waals surface area contributed by atoms with Gasteiger partial charge in [-0.3, -0.25) is 9.59 Å². The molecule has 0 unspecified atom stereocenters. The molecular weight excluding hydrogens is 360 g/mol. The third-order valence-corrected chi connectivity index (χ3v) is 4.29. The van der Waals surface area contributed by atoms with E-state index in [1.165, 1.54) is 0 Å². The predicted molar refractivity (Wildman–Crippen MR) is 100.0 cm³/mol. The highest BCUT2D eigenvalue weighted by atomic mass is 16.6. The third-order valence-electron chi connectivity index (χ3n) is 4.29. The molecule has 7 heteroatoms. The Morgan fingerprint density at radius 2 is 1.82 bits per heavy atom. The smallest absolute Gasteiger partial charge is 0.344 e. The zero-order chi connectivity index (χ0) is 19.9. The average Bonchev–Trinajstić information content (AvgIpc) is 3.16. The zero-order valence-electron chi connectivity index (χ0n) is 15.1. The van der Waals surface area contributed by atoms with E-state index in [1.807, 2.05) is 6.07 Å². The molecule has 0 radical (unpaired) electrons. The van der Waals surface area contributed by atoms with Crippen LogP contribution in [0.15, 0.2) is 48.5 Å². The van der Waals surface area contributed by atoms with E-state index in [0.29, 0.717) is 24.1 Å². The lowest BCUT2D eigenvalue weighted by atomic mass is 10.1. The van der Waals surface area contributed by atoms with E-state index in [2.05, 4.69) is 0 Å². The van der Waals surface area contributed by atoms with Gasteiger partial charge in [-0.05, 0) is 42.8 Å². The van der Waals surface area contributed by atoms with E-state index in [0.717, 1.165) is 12.1 Å². The second kappa shape index (κ2) is 8.82. The predicted octanol–water partition coefficient (Wildman–Crippen LogP) is 2.49. The van der Waals surface area contributed by atoms with Crippen LogP contribution in [0, 0.1) is 11.3 Å². The van der Waals surface area contributed by atoms with Crippen molar-refractivity contribution >= 4 is 23.3 Å². The van der Waals surface area contributed by atoms with Gasteiger partial charge in [-0.25, -0.2) is 4.79 Å². The number of hydrogen-bond acceptors (Lipinski definition) is 6. The SMILES string of the molecule is N#Cc1ccccc1OCC(=O)OCC(=O)c1ccc(N2CCCC2=O)cc1. The normalized spacial score (nSPS) is 13.1. The van der Waals surface area contributed by atoms with Crippen LogP contribution >= 0.6 is 0 Å². The van der Waals surface area contributed by atoms with E-state index < -0.39 is 19.2 Å². The number of esters is 1. The highest BCUT2D eigenvalue weighted by Crippen LogP contribution is 2.21. The lowest BCUT2D eigenvalue weighted by molar-refractivity contribution is -0.144. The maximum atomic E-state index is 12.2. The molecule has 1 aliphatic heterocycles. The molecule has 3 rings (SSSR count). The van der Waals surface area contributed by atoms with Gasteiger partial charge in [-0.15, -0.1) is 0 Å². The third kappa shape index (κ3) is 4.54. The summed E-state index contributed by atoms with van der Waals surface area (Å²) in [6.45, 7) is -0.134. The second-order valence-electron chi connectivity index (χ2n) is 6.18. The number of para-hydroxylation sites is 1. The standard InChI is InChI=1S/C21H18N2O5/c22-12-16-4-1-2-5-19(16)27-14-21(26)28-13-18(24)15-7-9-17(10-8-15)23-11-3-6-20(23)25/h1-2,4-5,7-10H,3,6,11,13-14H2. The fraction of sp³-hybridized carbons (Fsp3) is 0.238. The lowest BCUT2D eigenvalue weighted by Crippen LogP contribution is -2.23. The molecule has 0 atom stereocenters. The fourth-order valence-electron chi connectivity index (χ4n) is 2.84. The number of ether oxygens (including phenoxy) is 2. The number of nitriles is 1. The Bertz CT molecular complexity index is 931. The van der Waals surface area contributed by atoms with Crippen LogP contribution < -0.4 is 9.64 Å². The van der Waals surface area contributed by atoms with Crippen LogP contribution in [0.2, 0.25) is 0 Å². The Morgan fingerprint density at radius 1 is 1.07 bits per heavy atom. The van der Waals surface area contributed by atoms with Gasteiger partial charge in [0.1, 0.15) is 11.8 Å². The van der Waals surface area contributed by atoms with Crippen LogP contribution in [0.25, 0.3) is 0 Å². The average molecular weight is 378 g/mol. The second-order valence-corrected chi connectivity index (χ2v) is 6.18. The summed E-state index contributed by atoms with van der Waals surface area (Å²) in [5.41, 5.74) is 1.45. The molecule has 7 nitrogen and oxygen atoms in total. The van der Waals surface area contributed by atoms with Crippen LogP contribution in [-0.2, 0) is 14.3 Å². The molecule has 1 saturated heterocycles. The van der Waals surface area contributed by atoms with Gasteiger partial charge < -0.3 is 14.4 Å². The van der Waals surface area contributed by atoms with Crippen molar-refractivity contribution < 1.29 is 23.9 Å². The number of nitrogens with zero attached hydrogens (tertiary/aromatic N) is 2. The van der Waals surface area contributed by atoms with Gasteiger partial charge >= 0.3 is 5.97 Å². The maximum absolute atomic E-state index is 12.2. The molecule has 1 heterocycles. The van der Waals surface area contributed by atoms with Gasteiger partial charge in [0.05, 0.1) is 5.56 Å². The quantitative estimate of drug-likeness (QED) is 0.542. The van der Waals surface area contributed by atoms with Crippen molar-refractivity contribution in [1.29, 1.82) is 5.26 Å². The minimum Gasteiger partial charge on any atom is -0.481 e. The Balaban J connectivity index is 1.49. The van der Waals surface area contributed by atoms with Gasteiger partial charge in [0, 0.05) is 24.2 Å². The van der Waals surface area contributed by atoms with Crippen LogP contribution in [0.5, 0.6) is 5.75 Å². The van der Waals surface area contributed by atoms with Crippen molar-refractivity contribution in [2.45, 2.75) is 12.8 Å². The zero-order valence-corrected chi connectivity index (χ0v) is 15.1. The van der Waals surface area contributed by atoms with E-state index in [9.17, 15) is 14.4 Å². The Labute approximate surface area is 162 Å². The van der Waals surface area contributed by atoms with Crippen LogP contribution in [0.1, 0.15) is 28.8 Å². The summed E-state index contributed by atoms with van der Waals surface area (Å²) in [5, 5.41) is 8.98. The molecule has 1 amide bonds. The molecule has 0 aromatic heterocycles. The van der Waals surface area contributed by atoms with Crippen molar-refractivity contribution in [2.75, 3.05) is 24.7 Å². The Kier molecular flexibility index (Phi) is 6.02.